The van der Waals surface area contributed by atoms with E-state index < -0.39 is 22.9 Å². The third-order valence-electron chi connectivity index (χ3n) is 8.17. The summed E-state index contributed by atoms with van der Waals surface area (Å²) in [5, 5.41) is 10.6. The zero-order chi connectivity index (χ0) is 18.9. The number of aliphatic hydroxyl groups is 1. The highest BCUT2D eigenvalue weighted by Crippen LogP contribution is 2.64. The second-order valence-electron chi connectivity index (χ2n) is 9.25. The van der Waals surface area contributed by atoms with Crippen molar-refractivity contribution in [2.45, 2.75) is 71.1 Å². The summed E-state index contributed by atoms with van der Waals surface area (Å²) >= 11 is 0. The summed E-state index contributed by atoms with van der Waals surface area (Å²) in [4.78, 5) is 12.1. The minimum atomic E-state index is -4.55. The first kappa shape index (κ1) is 18.3. The zero-order valence-corrected chi connectivity index (χ0v) is 15.4. The fraction of sp³-hybridized carbons (Fsp3) is 0.762. The van der Waals surface area contributed by atoms with Crippen LogP contribution in [0.2, 0.25) is 0 Å². The number of hydrogen-bond acceptors (Lipinski definition) is 2. The van der Waals surface area contributed by atoms with Gasteiger partial charge in [-0.1, -0.05) is 26.0 Å². The van der Waals surface area contributed by atoms with Crippen LogP contribution >= 0.6 is 0 Å². The highest BCUT2D eigenvalue weighted by Gasteiger charge is 2.59. The van der Waals surface area contributed by atoms with Crippen LogP contribution in [0.4, 0.5) is 13.2 Å². The van der Waals surface area contributed by atoms with E-state index in [1.54, 1.807) is 0 Å². The summed E-state index contributed by atoms with van der Waals surface area (Å²) in [6, 6.07) is 0. The highest BCUT2D eigenvalue weighted by molar-refractivity contribution is 5.98. The fourth-order valence-electron chi connectivity index (χ4n) is 6.70. The summed E-state index contributed by atoms with van der Waals surface area (Å²) in [6.45, 7) is 4.10. The summed E-state index contributed by atoms with van der Waals surface area (Å²) in [5.74, 6) is -0.0616. The number of halogens is 3. The first-order chi connectivity index (χ1) is 12.1. The Hall–Kier alpha value is -1.10. The first-order valence-electron chi connectivity index (χ1n) is 9.78. The molecule has 0 aromatic rings. The van der Waals surface area contributed by atoms with Gasteiger partial charge in [-0.25, -0.2) is 0 Å². The summed E-state index contributed by atoms with van der Waals surface area (Å²) in [5.41, 5.74) is -1.20. The van der Waals surface area contributed by atoms with Crippen LogP contribution in [0.1, 0.15) is 58.8 Å². The van der Waals surface area contributed by atoms with Crippen molar-refractivity contribution in [1.82, 2.24) is 0 Å². The highest BCUT2D eigenvalue weighted by atomic mass is 19.4. The van der Waals surface area contributed by atoms with Gasteiger partial charge in [0.15, 0.2) is 5.78 Å². The summed E-state index contributed by atoms with van der Waals surface area (Å²) < 4.78 is 40.8. The van der Waals surface area contributed by atoms with E-state index in [9.17, 15) is 23.1 Å². The van der Waals surface area contributed by atoms with Crippen molar-refractivity contribution in [2.75, 3.05) is 0 Å². The molecule has 0 heterocycles. The van der Waals surface area contributed by atoms with Gasteiger partial charge in [-0.3, -0.25) is 4.79 Å². The number of fused-ring (bicyclic) bond motifs is 5. The lowest BCUT2D eigenvalue weighted by atomic mass is 9.45. The van der Waals surface area contributed by atoms with Crippen molar-refractivity contribution in [3.05, 3.63) is 23.3 Å². The van der Waals surface area contributed by atoms with Gasteiger partial charge >= 0.3 is 6.18 Å². The standard InChI is InChI=1S/C21H27F3O2/c1-19-11-9-16(25)18(21(22,23)24)15(19)7-6-12-13-4-3-5-17(26)20(13,2)10-8-14(12)19/h3-4,12-14,17,26H,5-11H2,1-2H3/t12-,13-,14-,17-,19+,20-/m0/s1. The Bertz CT molecular complexity index is 692. The molecule has 4 aliphatic carbocycles. The fourth-order valence-corrected chi connectivity index (χ4v) is 6.70. The van der Waals surface area contributed by atoms with E-state index in [0.29, 0.717) is 31.3 Å². The lowest BCUT2D eigenvalue weighted by molar-refractivity contribution is -0.136. The van der Waals surface area contributed by atoms with Gasteiger partial charge in [0.1, 0.15) is 0 Å². The van der Waals surface area contributed by atoms with Gasteiger partial charge < -0.3 is 5.11 Å². The largest absolute Gasteiger partial charge is 0.419 e. The molecular formula is C21H27F3O2. The lowest BCUT2D eigenvalue weighted by Gasteiger charge is -2.60. The Balaban J connectivity index is 1.77. The second kappa shape index (κ2) is 5.70. The molecule has 0 aliphatic heterocycles. The van der Waals surface area contributed by atoms with Gasteiger partial charge in [-0.05, 0) is 67.3 Å². The molecule has 144 valence electrons. The molecule has 4 aliphatic rings. The van der Waals surface area contributed by atoms with Crippen molar-refractivity contribution >= 4 is 5.78 Å². The smallest absolute Gasteiger partial charge is 0.392 e. The number of carbonyl (C=O) groups excluding carboxylic acids is 1. The van der Waals surface area contributed by atoms with Crippen LogP contribution in [0.5, 0.6) is 0 Å². The number of carbonyl (C=O) groups is 1. The Kier molecular flexibility index (Phi) is 4.00. The van der Waals surface area contributed by atoms with Crippen molar-refractivity contribution < 1.29 is 23.1 Å². The lowest BCUT2D eigenvalue weighted by Crippen LogP contribution is -2.55. The zero-order valence-electron chi connectivity index (χ0n) is 15.4. The maximum Gasteiger partial charge on any atom is 0.419 e. The molecule has 0 saturated heterocycles. The van der Waals surface area contributed by atoms with E-state index >= 15 is 0 Å². The van der Waals surface area contributed by atoms with Crippen molar-refractivity contribution in [1.29, 1.82) is 0 Å². The first-order valence-corrected chi connectivity index (χ1v) is 9.78. The molecule has 0 aromatic heterocycles. The van der Waals surface area contributed by atoms with Gasteiger partial charge in [0.25, 0.3) is 0 Å². The number of allylic oxidation sites excluding steroid dienone is 3. The number of hydrogen-bond donors (Lipinski definition) is 1. The van der Waals surface area contributed by atoms with Crippen molar-refractivity contribution in [2.24, 2.45) is 28.6 Å². The maximum atomic E-state index is 13.6. The molecule has 0 bridgehead atoms. The number of Topliss-reactive ketones (excluding diaryl/α,β-unsaturated/α-hetero) is 1. The molecule has 2 saturated carbocycles. The average Bonchev–Trinajstić information content (AvgIpc) is 2.55. The van der Waals surface area contributed by atoms with Crippen LogP contribution in [0.3, 0.4) is 0 Å². The van der Waals surface area contributed by atoms with Gasteiger partial charge in [0.2, 0.25) is 0 Å². The van der Waals surface area contributed by atoms with Gasteiger partial charge in [-0.15, -0.1) is 0 Å². The molecule has 5 heteroatoms. The molecule has 2 fully saturated rings. The molecule has 0 aromatic carbocycles. The van der Waals surface area contributed by atoms with E-state index in [-0.39, 0.29) is 35.7 Å². The van der Waals surface area contributed by atoms with Crippen LogP contribution in [-0.2, 0) is 4.79 Å². The van der Waals surface area contributed by atoms with Gasteiger partial charge in [0.05, 0.1) is 11.7 Å². The van der Waals surface area contributed by atoms with Crippen LogP contribution in [-0.4, -0.2) is 23.2 Å². The molecule has 0 radical (unpaired) electrons. The summed E-state index contributed by atoms with van der Waals surface area (Å²) in [6.07, 6.45) is 3.22. The van der Waals surface area contributed by atoms with Gasteiger partial charge in [-0.2, -0.15) is 13.2 Å². The van der Waals surface area contributed by atoms with E-state index in [1.165, 1.54) is 0 Å². The van der Waals surface area contributed by atoms with Crippen LogP contribution in [0, 0.1) is 28.6 Å². The quantitative estimate of drug-likeness (QED) is 0.613. The molecule has 2 nitrogen and oxygen atoms in total. The Morgan fingerprint density at radius 3 is 2.58 bits per heavy atom. The van der Waals surface area contributed by atoms with E-state index in [1.807, 2.05) is 13.0 Å². The van der Waals surface area contributed by atoms with E-state index in [2.05, 4.69) is 13.0 Å². The van der Waals surface area contributed by atoms with Crippen LogP contribution in [0.15, 0.2) is 23.3 Å². The molecule has 26 heavy (non-hydrogen) atoms. The predicted molar refractivity (Wildman–Crippen MR) is 92.2 cm³/mol. The number of rotatable bonds is 0. The van der Waals surface area contributed by atoms with Crippen molar-refractivity contribution in [3.63, 3.8) is 0 Å². The molecule has 6 atom stereocenters. The number of aliphatic hydroxyl groups excluding tert-OH is 1. The van der Waals surface area contributed by atoms with Crippen LogP contribution in [0.25, 0.3) is 0 Å². The molecule has 0 amide bonds. The number of ketones is 1. The Morgan fingerprint density at radius 2 is 1.88 bits per heavy atom. The molecule has 0 unspecified atom stereocenters. The Labute approximate surface area is 152 Å². The molecular weight excluding hydrogens is 341 g/mol. The third-order valence-corrected chi connectivity index (χ3v) is 8.17. The van der Waals surface area contributed by atoms with Crippen molar-refractivity contribution in [3.8, 4) is 0 Å². The van der Waals surface area contributed by atoms with Gasteiger partial charge in [0, 0.05) is 11.8 Å². The van der Waals surface area contributed by atoms with Crippen LogP contribution < -0.4 is 0 Å². The Morgan fingerprint density at radius 1 is 1.15 bits per heavy atom. The predicted octanol–water partition coefficient (Wildman–Crippen LogP) is 4.98. The number of alkyl halides is 3. The maximum absolute atomic E-state index is 13.6. The monoisotopic (exact) mass is 368 g/mol. The minimum Gasteiger partial charge on any atom is -0.392 e. The van der Waals surface area contributed by atoms with E-state index in [0.717, 1.165) is 12.8 Å². The topological polar surface area (TPSA) is 37.3 Å². The van der Waals surface area contributed by atoms with E-state index in [4.69, 9.17) is 0 Å². The second-order valence-corrected chi connectivity index (χ2v) is 9.25. The molecule has 0 spiro atoms. The molecule has 1 N–H and O–H groups in total. The third kappa shape index (κ3) is 2.38. The molecule has 4 rings (SSSR count). The minimum absolute atomic E-state index is 0.00153. The summed E-state index contributed by atoms with van der Waals surface area (Å²) in [7, 11) is 0. The average molecular weight is 368 g/mol. The normalized spacial score (nSPS) is 45.8. The SMILES string of the molecule is C[C@]12CC[C@H]3[C@@H](CCC4=C(C(F)(F)F)C(=O)CC[C@@]43C)[C@@H]1C=CC[C@@H]2O.